The van der Waals surface area contributed by atoms with Gasteiger partial charge in [-0.25, -0.2) is 9.67 Å². The number of amides is 1. The van der Waals surface area contributed by atoms with Gasteiger partial charge >= 0.3 is 6.01 Å². The predicted octanol–water partition coefficient (Wildman–Crippen LogP) is 3.57. The number of rotatable bonds is 5. The van der Waals surface area contributed by atoms with Crippen LogP contribution >= 0.6 is 0 Å². The second-order valence-corrected chi connectivity index (χ2v) is 9.00. The van der Waals surface area contributed by atoms with Crippen LogP contribution in [0.3, 0.4) is 0 Å². The van der Waals surface area contributed by atoms with Crippen molar-refractivity contribution in [3.05, 3.63) is 66.0 Å². The Labute approximate surface area is 204 Å². The van der Waals surface area contributed by atoms with Crippen molar-refractivity contribution in [2.24, 2.45) is 0 Å². The summed E-state index contributed by atoms with van der Waals surface area (Å²) in [6.45, 7) is 7.94. The van der Waals surface area contributed by atoms with Gasteiger partial charge in [0.1, 0.15) is 5.82 Å². The predicted molar refractivity (Wildman–Crippen MR) is 137 cm³/mol. The van der Waals surface area contributed by atoms with E-state index in [0.717, 1.165) is 35.5 Å². The van der Waals surface area contributed by atoms with E-state index < -0.39 is 0 Å². The monoisotopic (exact) mass is 471 g/mol. The van der Waals surface area contributed by atoms with Crippen molar-refractivity contribution < 1.29 is 9.53 Å². The molecule has 2 atom stereocenters. The van der Waals surface area contributed by atoms with Gasteiger partial charge in [0.25, 0.3) is 5.91 Å². The first-order valence-electron chi connectivity index (χ1n) is 11.7. The van der Waals surface area contributed by atoms with Gasteiger partial charge < -0.3 is 20.3 Å². The number of hydrogen-bond donors (Lipinski definition) is 2. The molecule has 0 spiro atoms. The molecule has 3 heterocycles. The summed E-state index contributed by atoms with van der Waals surface area (Å²) in [5.74, 6) is 0.308. The van der Waals surface area contributed by atoms with Gasteiger partial charge in [0, 0.05) is 48.5 Å². The summed E-state index contributed by atoms with van der Waals surface area (Å²) < 4.78 is 7.01. The second-order valence-electron chi connectivity index (χ2n) is 9.00. The van der Waals surface area contributed by atoms with E-state index in [4.69, 9.17) is 4.74 Å². The molecular weight excluding hydrogens is 442 g/mol. The number of carbonyl (C=O) groups excluding carboxylic acids is 1. The summed E-state index contributed by atoms with van der Waals surface area (Å²) in [4.78, 5) is 24.8. The summed E-state index contributed by atoms with van der Waals surface area (Å²) in [5.41, 5.74) is 3.66. The lowest BCUT2D eigenvalue weighted by Gasteiger charge is -2.38. The van der Waals surface area contributed by atoms with E-state index in [1.165, 1.54) is 7.11 Å². The average molecular weight is 472 g/mol. The molecular formula is C26H29N7O2. The van der Waals surface area contributed by atoms with E-state index in [0.29, 0.717) is 29.0 Å². The number of nitrogens with zero attached hydrogens (tertiary/aromatic N) is 5. The van der Waals surface area contributed by atoms with Crippen molar-refractivity contribution in [2.45, 2.75) is 32.9 Å². The molecule has 0 unspecified atom stereocenters. The Morgan fingerprint density at radius 1 is 1.11 bits per heavy atom. The third-order valence-corrected chi connectivity index (χ3v) is 6.10. The molecule has 0 aliphatic carbocycles. The number of aromatic nitrogens is 4. The fourth-order valence-corrected chi connectivity index (χ4v) is 4.71. The van der Waals surface area contributed by atoms with Crippen LogP contribution in [0.5, 0.6) is 6.01 Å². The lowest BCUT2D eigenvalue weighted by atomic mass is 10.0. The van der Waals surface area contributed by atoms with Crippen LogP contribution in [0.25, 0.3) is 16.6 Å². The molecule has 2 aromatic carbocycles. The highest BCUT2D eigenvalue weighted by Gasteiger charge is 2.25. The highest BCUT2D eigenvalue weighted by molar-refractivity contribution is 6.13. The van der Waals surface area contributed by atoms with Crippen LogP contribution in [0.15, 0.2) is 54.7 Å². The van der Waals surface area contributed by atoms with E-state index in [2.05, 4.69) is 44.4 Å². The smallest absolute Gasteiger partial charge is 0.316 e. The normalized spacial score (nSPS) is 18.0. The molecule has 0 radical (unpaired) electrons. The zero-order valence-electron chi connectivity index (χ0n) is 20.3. The van der Waals surface area contributed by atoms with Crippen LogP contribution in [0.4, 0.5) is 11.5 Å². The summed E-state index contributed by atoms with van der Waals surface area (Å²) >= 11 is 0. The van der Waals surface area contributed by atoms with E-state index in [-0.39, 0.29) is 11.9 Å². The number of fused-ring (bicyclic) bond motifs is 1. The number of benzene rings is 2. The zero-order chi connectivity index (χ0) is 24.5. The maximum atomic E-state index is 13.5. The average Bonchev–Trinajstić information content (AvgIpc) is 3.22. The molecule has 180 valence electrons. The van der Waals surface area contributed by atoms with Crippen LogP contribution < -0.4 is 20.3 Å². The molecule has 35 heavy (non-hydrogen) atoms. The first-order valence-corrected chi connectivity index (χ1v) is 11.7. The Balaban J connectivity index is 1.54. The Kier molecular flexibility index (Phi) is 6.08. The van der Waals surface area contributed by atoms with Gasteiger partial charge in [-0.3, -0.25) is 4.79 Å². The largest absolute Gasteiger partial charge is 0.467 e. The van der Waals surface area contributed by atoms with Crippen LogP contribution in [0.2, 0.25) is 0 Å². The molecule has 1 fully saturated rings. The summed E-state index contributed by atoms with van der Waals surface area (Å²) in [6, 6.07) is 16.3. The fraction of sp³-hybridized carbons (Fsp3) is 0.308. The quantitative estimate of drug-likeness (QED) is 0.459. The van der Waals surface area contributed by atoms with E-state index in [9.17, 15) is 4.79 Å². The van der Waals surface area contributed by atoms with Crippen LogP contribution in [-0.2, 0) is 0 Å². The number of carbonyl (C=O) groups is 1. The molecule has 1 amide bonds. The molecule has 2 N–H and O–H groups in total. The third kappa shape index (κ3) is 4.54. The van der Waals surface area contributed by atoms with Crippen molar-refractivity contribution in [1.82, 2.24) is 25.1 Å². The maximum absolute atomic E-state index is 13.5. The number of methoxy groups -OCH3 is 1. The summed E-state index contributed by atoms with van der Waals surface area (Å²) in [6.07, 6.45) is 1.74. The second kappa shape index (κ2) is 9.34. The fourth-order valence-electron chi connectivity index (χ4n) is 4.71. The van der Waals surface area contributed by atoms with Crippen molar-refractivity contribution in [3.63, 3.8) is 0 Å². The molecule has 4 aromatic rings. The standard InChI is InChI=1S/C26H29N7O2/c1-16-12-23(33(31-16)19-8-6-5-7-9-19)29-25(34)20-10-11-22(32-14-17(2)28-18(3)15-32)21-13-27-26(35-4)30-24(20)21/h5-13,17-18,28H,14-15H2,1-4H3,(H,29,34)/t17-,18-/m1/s1. The third-order valence-electron chi connectivity index (χ3n) is 6.10. The van der Waals surface area contributed by atoms with Gasteiger partial charge in [-0.2, -0.15) is 10.1 Å². The molecule has 0 saturated carbocycles. The lowest BCUT2D eigenvalue weighted by molar-refractivity contribution is 0.102. The minimum Gasteiger partial charge on any atom is -0.467 e. The lowest BCUT2D eigenvalue weighted by Crippen LogP contribution is -2.54. The Morgan fingerprint density at radius 2 is 1.86 bits per heavy atom. The van der Waals surface area contributed by atoms with Crippen molar-refractivity contribution >= 4 is 28.3 Å². The van der Waals surface area contributed by atoms with Crippen LogP contribution in [0.1, 0.15) is 29.9 Å². The Bertz CT molecular complexity index is 1360. The number of piperazine rings is 1. The molecule has 2 aromatic heterocycles. The van der Waals surface area contributed by atoms with Gasteiger partial charge in [-0.15, -0.1) is 0 Å². The van der Waals surface area contributed by atoms with E-state index in [1.54, 1.807) is 10.9 Å². The number of aryl methyl sites for hydroxylation is 1. The van der Waals surface area contributed by atoms with Crippen molar-refractivity contribution in [1.29, 1.82) is 0 Å². The zero-order valence-corrected chi connectivity index (χ0v) is 20.3. The Morgan fingerprint density at radius 3 is 2.57 bits per heavy atom. The molecule has 1 aliphatic rings. The van der Waals surface area contributed by atoms with Crippen LogP contribution in [0, 0.1) is 6.92 Å². The summed E-state index contributed by atoms with van der Waals surface area (Å²) in [7, 11) is 1.52. The van der Waals surface area contributed by atoms with Crippen LogP contribution in [-0.4, -0.2) is 57.9 Å². The van der Waals surface area contributed by atoms with E-state index >= 15 is 0 Å². The topological polar surface area (TPSA) is 97.2 Å². The molecule has 9 heteroatoms. The van der Waals surface area contributed by atoms with Gasteiger partial charge in [0.2, 0.25) is 0 Å². The van der Waals surface area contributed by atoms with Crippen molar-refractivity contribution in [3.8, 4) is 11.7 Å². The minimum atomic E-state index is -0.276. The minimum absolute atomic E-state index is 0.218. The van der Waals surface area contributed by atoms with Gasteiger partial charge in [0.15, 0.2) is 0 Å². The van der Waals surface area contributed by atoms with Gasteiger partial charge in [-0.05, 0) is 45.0 Å². The first-order chi connectivity index (χ1) is 16.9. The van der Waals surface area contributed by atoms with Gasteiger partial charge in [0.05, 0.1) is 29.6 Å². The van der Waals surface area contributed by atoms with E-state index in [1.807, 2.05) is 55.5 Å². The highest BCUT2D eigenvalue weighted by atomic mass is 16.5. The number of para-hydroxylation sites is 1. The van der Waals surface area contributed by atoms with Gasteiger partial charge in [-0.1, -0.05) is 18.2 Å². The Hall–Kier alpha value is -3.98. The molecule has 0 bridgehead atoms. The SMILES string of the molecule is COc1ncc2c(N3C[C@@H](C)N[C@H](C)C3)ccc(C(=O)Nc3cc(C)nn3-c3ccccc3)c2n1. The first kappa shape index (κ1) is 22.8. The molecule has 9 nitrogen and oxygen atoms in total. The molecule has 5 rings (SSSR count). The maximum Gasteiger partial charge on any atom is 0.316 e. The number of ether oxygens (including phenoxy) is 1. The van der Waals surface area contributed by atoms with Crippen molar-refractivity contribution in [2.75, 3.05) is 30.4 Å². The summed E-state index contributed by atoms with van der Waals surface area (Å²) in [5, 5.41) is 11.9. The number of nitrogens with one attached hydrogen (secondary N) is 2. The molecule has 1 aliphatic heterocycles. The number of anilines is 2. The number of hydrogen-bond acceptors (Lipinski definition) is 7. The molecule has 1 saturated heterocycles. The highest BCUT2D eigenvalue weighted by Crippen LogP contribution is 2.31.